The highest BCUT2D eigenvalue weighted by Crippen LogP contribution is 2.28. The highest BCUT2D eigenvalue weighted by Gasteiger charge is 2.29. The van der Waals surface area contributed by atoms with Crippen LogP contribution in [0.15, 0.2) is 53.9 Å². The average molecular weight is 451 g/mol. The lowest BCUT2D eigenvalue weighted by molar-refractivity contribution is -0.115. The maximum absolute atomic E-state index is 12.7. The molecule has 6 nitrogen and oxygen atoms in total. The molecule has 9 heteroatoms. The maximum Gasteiger partial charge on any atom is 0.242 e. The number of thiazole rings is 1. The molecule has 2 aromatic carbocycles. The lowest BCUT2D eigenvalue weighted by Crippen LogP contribution is -2.33. The van der Waals surface area contributed by atoms with Gasteiger partial charge in [0.05, 0.1) is 23.6 Å². The average Bonchev–Trinajstić information content (AvgIpc) is 3.16. The Morgan fingerprint density at radius 2 is 1.97 bits per heavy atom. The number of hydrogen-bond donors (Lipinski definition) is 1. The second-order valence-electron chi connectivity index (χ2n) is 6.30. The van der Waals surface area contributed by atoms with E-state index in [0.29, 0.717) is 22.2 Å². The van der Waals surface area contributed by atoms with E-state index >= 15 is 0 Å². The number of ether oxygens (including phenoxy) is 1. The van der Waals surface area contributed by atoms with Gasteiger partial charge in [0.25, 0.3) is 0 Å². The number of methoxy groups -OCH3 is 1. The highest BCUT2D eigenvalue weighted by atomic mass is 35.5. The van der Waals surface area contributed by atoms with Gasteiger partial charge in [0.15, 0.2) is 9.84 Å². The lowest BCUT2D eigenvalue weighted by Gasteiger charge is -2.13. The molecule has 1 N–H and O–H groups in total. The second kappa shape index (κ2) is 8.94. The summed E-state index contributed by atoms with van der Waals surface area (Å²) in [7, 11) is -2.27. The number of carbonyl (C=O) groups excluding carboxylic acids is 1. The van der Waals surface area contributed by atoms with Crippen LogP contribution < -0.4 is 10.1 Å². The van der Waals surface area contributed by atoms with Crippen LogP contribution in [0.2, 0.25) is 5.02 Å². The first kappa shape index (κ1) is 21.3. The molecule has 0 spiro atoms. The molecule has 0 saturated heterocycles. The Hall–Kier alpha value is -2.42. The Morgan fingerprint density at radius 3 is 2.62 bits per heavy atom. The SMILES string of the molecule is COc1ccc(NC(=O)C(C)S(=O)(=O)Cc2csc(-c3ccccc3)n2)cc1Cl. The van der Waals surface area contributed by atoms with E-state index in [1.807, 2.05) is 30.3 Å². The molecule has 0 aliphatic rings. The molecule has 0 aliphatic carbocycles. The minimum Gasteiger partial charge on any atom is -0.495 e. The number of carbonyl (C=O) groups is 1. The maximum atomic E-state index is 12.7. The fourth-order valence-electron chi connectivity index (χ4n) is 2.57. The summed E-state index contributed by atoms with van der Waals surface area (Å²) in [5.41, 5.74) is 1.73. The van der Waals surface area contributed by atoms with Crippen LogP contribution in [0.4, 0.5) is 5.69 Å². The molecule has 1 amide bonds. The van der Waals surface area contributed by atoms with Gasteiger partial charge in [-0.05, 0) is 25.1 Å². The third-order valence-corrected chi connectivity index (χ3v) is 7.47. The monoisotopic (exact) mass is 450 g/mol. The highest BCUT2D eigenvalue weighted by molar-refractivity contribution is 7.92. The van der Waals surface area contributed by atoms with Crippen molar-refractivity contribution in [3.05, 3.63) is 64.6 Å². The van der Waals surface area contributed by atoms with Crippen LogP contribution in [0.5, 0.6) is 5.75 Å². The molecule has 1 aromatic heterocycles. The van der Waals surface area contributed by atoms with E-state index in [4.69, 9.17) is 16.3 Å². The third kappa shape index (κ3) is 5.14. The predicted molar refractivity (Wildman–Crippen MR) is 116 cm³/mol. The number of aromatic nitrogens is 1. The van der Waals surface area contributed by atoms with E-state index in [0.717, 1.165) is 10.6 Å². The molecule has 0 saturated carbocycles. The molecule has 0 bridgehead atoms. The van der Waals surface area contributed by atoms with Crippen LogP contribution in [0.25, 0.3) is 10.6 Å². The molecule has 152 valence electrons. The minimum absolute atomic E-state index is 0.311. The van der Waals surface area contributed by atoms with Gasteiger partial charge in [-0.3, -0.25) is 4.79 Å². The summed E-state index contributed by atoms with van der Waals surface area (Å²) < 4.78 is 30.5. The number of halogens is 1. The molecule has 29 heavy (non-hydrogen) atoms. The van der Waals surface area contributed by atoms with E-state index in [9.17, 15) is 13.2 Å². The van der Waals surface area contributed by atoms with E-state index in [-0.39, 0.29) is 5.75 Å². The molecule has 0 aliphatic heterocycles. The molecule has 0 radical (unpaired) electrons. The second-order valence-corrected chi connectivity index (χ2v) is 9.88. The Labute approximate surface area is 178 Å². The summed E-state index contributed by atoms with van der Waals surface area (Å²) in [5, 5.41) is 4.09. The van der Waals surface area contributed by atoms with Crippen LogP contribution in [0.3, 0.4) is 0 Å². The quantitative estimate of drug-likeness (QED) is 0.576. The van der Waals surface area contributed by atoms with Crippen molar-refractivity contribution in [2.75, 3.05) is 12.4 Å². The predicted octanol–water partition coefficient (Wildman–Crippen LogP) is 4.41. The number of sulfone groups is 1. The number of anilines is 1. The van der Waals surface area contributed by atoms with Crippen molar-refractivity contribution in [3.8, 4) is 16.3 Å². The fourth-order valence-corrected chi connectivity index (χ4v) is 4.95. The van der Waals surface area contributed by atoms with Gasteiger partial charge in [-0.2, -0.15) is 0 Å². The first-order chi connectivity index (χ1) is 13.8. The summed E-state index contributed by atoms with van der Waals surface area (Å²) in [6, 6.07) is 14.2. The van der Waals surface area contributed by atoms with Crippen LogP contribution in [0.1, 0.15) is 12.6 Å². The van der Waals surface area contributed by atoms with Gasteiger partial charge in [-0.1, -0.05) is 41.9 Å². The molecule has 1 unspecified atom stereocenters. The summed E-state index contributed by atoms with van der Waals surface area (Å²) in [6.07, 6.45) is 0. The zero-order valence-corrected chi connectivity index (χ0v) is 18.1. The van der Waals surface area contributed by atoms with E-state index < -0.39 is 21.0 Å². The van der Waals surface area contributed by atoms with Gasteiger partial charge in [0.2, 0.25) is 5.91 Å². The fraction of sp³-hybridized carbons (Fsp3) is 0.200. The Bertz CT molecular complexity index is 1110. The Kier molecular flexibility index (Phi) is 6.56. The first-order valence-corrected chi connectivity index (χ1v) is 11.6. The van der Waals surface area contributed by atoms with Crippen LogP contribution in [0, 0.1) is 0 Å². The molecule has 1 heterocycles. The zero-order chi connectivity index (χ0) is 21.0. The largest absolute Gasteiger partial charge is 0.495 e. The van der Waals surface area contributed by atoms with E-state index in [1.54, 1.807) is 17.5 Å². The van der Waals surface area contributed by atoms with Crippen molar-refractivity contribution >= 4 is 44.4 Å². The van der Waals surface area contributed by atoms with Gasteiger partial charge in [0, 0.05) is 16.6 Å². The zero-order valence-electron chi connectivity index (χ0n) is 15.8. The summed E-state index contributed by atoms with van der Waals surface area (Å²) in [6.45, 7) is 1.36. The molecular formula is C20H19ClN2O4S2. The van der Waals surface area contributed by atoms with Crippen molar-refractivity contribution in [2.45, 2.75) is 17.9 Å². The van der Waals surface area contributed by atoms with Gasteiger partial charge < -0.3 is 10.1 Å². The first-order valence-electron chi connectivity index (χ1n) is 8.66. The van der Waals surface area contributed by atoms with Crippen LogP contribution >= 0.6 is 22.9 Å². The number of hydrogen-bond acceptors (Lipinski definition) is 6. The number of benzene rings is 2. The Balaban J connectivity index is 1.69. The van der Waals surface area contributed by atoms with Gasteiger partial charge >= 0.3 is 0 Å². The van der Waals surface area contributed by atoms with Crippen LogP contribution in [-0.4, -0.2) is 31.7 Å². The van der Waals surface area contributed by atoms with Crippen molar-refractivity contribution < 1.29 is 17.9 Å². The summed E-state index contributed by atoms with van der Waals surface area (Å²) in [4.78, 5) is 16.9. The molecular weight excluding hydrogens is 432 g/mol. The third-order valence-electron chi connectivity index (χ3n) is 4.25. The summed E-state index contributed by atoms with van der Waals surface area (Å²) in [5.74, 6) is -0.485. The topological polar surface area (TPSA) is 85.4 Å². The smallest absolute Gasteiger partial charge is 0.242 e. The van der Waals surface area contributed by atoms with Crippen molar-refractivity contribution in [2.24, 2.45) is 0 Å². The minimum atomic E-state index is -3.75. The van der Waals surface area contributed by atoms with Gasteiger partial charge in [-0.25, -0.2) is 13.4 Å². The van der Waals surface area contributed by atoms with E-state index in [1.165, 1.54) is 31.4 Å². The van der Waals surface area contributed by atoms with E-state index in [2.05, 4.69) is 10.3 Å². The van der Waals surface area contributed by atoms with Gasteiger partial charge in [-0.15, -0.1) is 11.3 Å². The molecule has 1 atom stereocenters. The normalized spacial score (nSPS) is 12.4. The van der Waals surface area contributed by atoms with Crippen molar-refractivity contribution in [1.29, 1.82) is 0 Å². The number of amides is 1. The van der Waals surface area contributed by atoms with Gasteiger partial charge in [0.1, 0.15) is 16.0 Å². The number of nitrogens with one attached hydrogen (secondary N) is 1. The van der Waals surface area contributed by atoms with Crippen LogP contribution in [-0.2, 0) is 20.4 Å². The molecule has 3 aromatic rings. The number of nitrogens with zero attached hydrogens (tertiary/aromatic N) is 1. The van der Waals surface area contributed by atoms with Crippen molar-refractivity contribution in [3.63, 3.8) is 0 Å². The standard InChI is InChI=1S/C20H19ClN2O4S2/c1-13(19(24)22-15-8-9-18(27-2)17(21)10-15)29(25,26)12-16-11-28-20(23-16)14-6-4-3-5-7-14/h3-11,13H,12H2,1-2H3,(H,22,24). The molecule has 3 rings (SSSR count). The van der Waals surface area contributed by atoms with Crippen molar-refractivity contribution in [1.82, 2.24) is 4.98 Å². The Morgan fingerprint density at radius 1 is 1.24 bits per heavy atom. The lowest BCUT2D eigenvalue weighted by atomic mass is 10.2. The number of rotatable bonds is 7. The summed E-state index contributed by atoms with van der Waals surface area (Å²) >= 11 is 7.41. The molecule has 0 fully saturated rings.